The van der Waals surface area contributed by atoms with Gasteiger partial charge in [-0.25, -0.2) is 0 Å². The maximum absolute atomic E-state index is 13.3. The van der Waals surface area contributed by atoms with E-state index in [0.29, 0.717) is 35.7 Å². The van der Waals surface area contributed by atoms with E-state index in [1.165, 1.54) is 19.2 Å². The molecule has 3 atom stereocenters. The van der Waals surface area contributed by atoms with Gasteiger partial charge < -0.3 is 46.0 Å². The lowest BCUT2D eigenvalue weighted by Gasteiger charge is -2.32. The molecule has 2 fully saturated rings. The number of halogens is 1. The second kappa shape index (κ2) is 18.6. The Morgan fingerprint density at radius 1 is 1.10 bits per heavy atom. The number of benzene rings is 2. The number of nitro groups is 1. The fourth-order valence-electron chi connectivity index (χ4n) is 6.57. The van der Waals surface area contributed by atoms with Crippen molar-refractivity contribution in [2.75, 3.05) is 26.9 Å². The average Bonchev–Trinajstić information content (AvgIpc) is 3.64. The van der Waals surface area contributed by atoms with Crippen LogP contribution in [0.5, 0.6) is 17.2 Å². The molecule has 1 aliphatic carbocycles. The normalized spacial score (nSPS) is 17.5. The first-order valence-electron chi connectivity index (χ1n) is 17.6. The molecule has 4 rings (SSSR count). The molecule has 1 saturated heterocycles. The van der Waals surface area contributed by atoms with Gasteiger partial charge in [0.25, 0.3) is 11.6 Å². The Hall–Kier alpha value is -4.63. The van der Waals surface area contributed by atoms with E-state index >= 15 is 0 Å². The van der Waals surface area contributed by atoms with Crippen molar-refractivity contribution in [3.8, 4) is 17.2 Å². The molecule has 1 aliphatic heterocycles. The number of hydrogen-bond donors (Lipinski definition) is 3. The number of nitrogens with zero attached hydrogens (tertiary/aromatic N) is 2. The lowest BCUT2D eigenvalue weighted by Crippen LogP contribution is -2.53. The molecule has 16 heteroatoms. The predicted molar refractivity (Wildman–Crippen MR) is 188 cm³/mol. The number of hydrogen-bond acceptors (Lipinski definition) is 10. The number of nitro benzene ring substituents is 1. The first kappa shape index (κ1) is 37.6. The number of methoxy groups -OCH3 is 1. The van der Waals surface area contributed by atoms with E-state index in [4.69, 9.17) is 33.0 Å². The molecule has 2 aromatic rings. The van der Waals surface area contributed by atoms with Crippen LogP contribution in [0.4, 0.5) is 5.69 Å². The standard InChI is InChI=1S/C35H47ClN6O9/c1-21(25-17-29(49-2)30(18-27(25)42(47)48)50-15-7-11-31(37)43)40-32(44)20-51-28-13-12-24(36)16-23(28)19-39-34(45)26-10-6-14-41(26)35(46)33(38)22-8-4-3-5-9-22/h12-13,16-18,21-22,26,33H,3-11,14-15,19-20,38H2,1-2H3,(H4,37,39,40,43,44,45)/p-1/t21?,26-,33+/m1/s1/i/hT. The average molecular weight is 732 g/mol. The van der Waals surface area contributed by atoms with E-state index in [2.05, 4.69) is 16.4 Å². The molecule has 278 valence electrons. The van der Waals surface area contributed by atoms with Gasteiger partial charge in [-0.15, -0.1) is 1.41 Å². The Kier molecular flexibility index (Phi) is 13.7. The minimum absolute atomic E-state index is 0.0133. The topological polar surface area (TPSA) is 216 Å². The third-order valence-electron chi connectivity index (χ3n) is 9.26. The third-order valence-corrected chi connectivity index (χ3v) is 9.50. The van der Waals surface area contributed by atoms with Crippen molar-refractivity contribution in [3.63, 3.8) is 0 Å². The first-order valence-corrected chi connectivity index (χ1v) is 17.5. The smallest absolute Gasteiger partial charge is 0.278 e. The molecule has 5 N–H and O–H groups in total. The van der Waals surface area contributed by atoms with E-state index in [1.54, 1.807) is 30.0 Å². The highest BCUT2D eigenvalue weighted by Crippen LogP contribution is 2.38. The highest BCUT2D eigenvalue weighted by atomic mass is 35.5. The molecule has 2 aliphatic rings. The minimum Gasteiger partial charge on any atom is -0.668 e. The fraction of sp³-hybridized carbons (Fsp3) is 0.543. The van der Waals surface area contributed by atoms with Crippen molar-refractivity contribution in [1.82, 2.24) is 15.5 Å². The lowest BCUT2D eigenvalue weighted by atomic mass is 9.83. The highest BCUT2D eigenvalue weighted by molar-refractivity contribution is 6.30. The Bertz CT molecular complexity index is 1610. The van der Waals surface area contributed by atoms with Crippen LogP contribution >= 0.6 is 11.6 Å². The lowest BCUT2D eigenvalue weighted by molar-refractivity contribution is -0.385. The summed E-state index contributed by atoms with van der Waals surface area (Å²) >= 11 is 6.25. The Morgan fingerprint density at radius 3 is 2.57 bits per heavy atom. The van der Waals surface area contributed by atoms with Crippen LogP contribution in [-0.4, -0.2) is 72.4 Å². The summed E-state index contributed by atoms with van der Waals surface area (Å²) in [5.74, 6) is -1.02. The SMILES string of the molecule is [3H][N-]C(=O)CCCOc1cc([N+](=O)[O-])c(C(C)NC(=O)COc2ccc(Cl)cc2CNC(=O)[C@H]2CCCN2C(=O)[C@@H](N)C2CCCCC2)cc1OC. The quantitative estimate of drug-likeness (QED) is 0.115. The summed E-state index contributed by atoms with van der Waals surface area (Å²) in [5, 5.41) is 17.9. The van der Waals surface area contributed by atoms with Crippen LogP contribution in [0, 0.1) is 16.0 Å². The van der Waals surface area contributed by atoms with Crippen LogP contribution in [-0.2, 0) is 25.7 Å². The number of ether oxygens (including phenoxy) is 3. The molecule has 0 radical (unpaired) electrons. The van der Waals surface area contributed by atoms with Crippen LogP contribution in [0.15, 0.2) is 30.3 Å². The van der Waals surface area contributed by atoms with Crippen molar-refractivity contribution >= 4 is 40.9 Å². The third kappa shape index (κ3) is 10.7. The summed E-state index contributed by atoms with van der Waals surface area (Å²) in [5.41, 5.74) is 9.53. The van der Waals surface area contributed by atoms with Gasteiger partial charge in [0.1, 0.15) is 11.8 Å². The molecule has 0 aromatic heterocycles. The van der Waals surface area contributed by atoms with Gasteiger partial charge >= 0.3 is 0 Å². The van der Waals surface area contributed by atoms with Crippen molar-refractivity contribution in [3.05, 3.63) is 62.3 Å². The van der Waals surface area contributed by atoms with Crippen LogP contribution in [0.25, 0.3) is 5.73 Å². The number of likely N-dealkylation sites (tertiary alicyclic amines) is 1. The number of amides is 4. The summed E-state index contributed by atoms with van der Waals surface area (Å²) in [6.45, 7) is 1.64. The predicted octanol–water partition coefficient (Wildman–Crippen LogP) is 4.77. The molecular formula is C35H46ClN6O9-. The first-order chi connectivity index (χ1) is 24.9. The van der Waals surface area contributed by atoms with Crippen molar-refractivity contribution < 1.29 is 39.7 Å². The van der Waals surface area contributed by atoms with E-state index < -0.39 is 41.5 Å². The molecule has 0 spiro atoms. The van der Waals surface area contributed by atoms with E-state index in [1.807, 2.05) is 0 Å². The number of rotatable bonds is 17. The van der Waals surface area contributed by atoms with Crippen LogP contribution < -0.4 is 30.6 Å². The maximum Gasteiger partial charge on any atom is 0.278 e. The summed E-state index contributed by atoms with van der Waals surface area (Å²) in [6.07, 6.45) is 6.55. The molecule has 15 nitrogen and oxygen atoms in total. The van der Waals surface area contributed by atoms with Gasteiger partial charge in [-0.1, -0.05) is 30.9 Å². The van der Waals surface area contributed by atoms with E-state index in [9.17, 15) is 29.3 Å². The number of carbonyl (C=O) groups is 4. The largest absolute Gasteiger partial charge is 0.668 e. The second-order valence-corrected chi connectivity index (χ2v) is 13.3. The molecule has 1 unspecified atom stereocenters. The van der Waals surface area contributed by atoms with E-state index in [0.717, 1.165) is 32.1 Å². The highest BCUT2D eigenvalue weighted by Gasteiger charge is 2.38. The fourth-order valence-corrected chi connectivity index (χ4v) is 6.76. The Balaban J connectivity index is 1.35. The van der Waals surface area contributed by atoms with E-state index in [-0.39, 0.29) is 66.5 Å². The molecule has 51 heavy (non-hydrogen) atoms. The zero-order chi connectivity index (χ0) is 37.8. The zero-order valence-electron chi connectivity index (χ0n) is 29.9. The molecular weight excluding hydrogens is 684 g/mol. The van der Waals surface area contributed by atoms with Gasteiger partial charge in [0.05, 0.1) is 42.4 Å². The summed E-state index contributed by atoms with van der Waals surface area (Å²) < 4.78 is 23.5. The number of carbonyl (C=O) groups excluding carboxylic acids is 4. The van der Waals surface area contributed by atoms with Crippen LogP contribution in [0.1, 0.15) is 81.9 Å². The van der Waals surface area contributed by atoms with Crippen molar-refractivity contribution in [1.29, 1.82) is 0 Å². The summed E-state index contributed by atoms with van der Waals surface area (Å²) in [4.78, 5) is 63.8. The zero-order valence-corrected chi connectivity index (χ0v) is 29.6. The summed E-state index contributed by atoms with van der Waals surface area (Å²) in [7, 11) is 1.36. The molecule has 4 amide bonds. The summed E-state index contributed by atoms with van der Waals surface area (Å²) in [6, 6.07) is 5.23. The van der Waals surface area contributed by atoms with Gasteiger partial charge in [0, 0.05) is 29.6 Å². The Morgan fingerprint density at radius 2 is 1.86 bits per heavy atom. The van der Waals surface area contributed by atoms with Crippen molar-refractivity contribution in [2.24, 2.45) is 11.7 Å². The molecule has 1 saturated carbocycles. The van der Waals surface area contributed by atoms with Gasteiger partial charge in [-0.2, -0.15) is 0 Å². The van der Waals surface area contributed by atoms with Gasteiger partial charge in [0.2, 0.25) is 11.8 Å². The van der Waals surface area contributed by atoms with Crippen molar-refractivity contribution in [2.45, 2.75) is 89.4 Å². The molecule has 2 aromatic carbocycles. The van der Waals surface area contributed by atoms with Gasteiger partial charge in [-0.05, 0) is 75.6 Å². The number of nitrogens with two attached hydrogens (primary N) is 1. The van der Waals surface area contributed by atoms with Crippen LogP contribution in [0.2, 0.25) is 6.43 Å². The van der Waals surface area contributed by atoms with Gasteiger partial charge in [-0.3, -0.25) is 24.5 Å². The second-order valence-electron chi connectivity index (χ2n) is 12.8. The monoisotopic (exact) mass is 731 g/mol. The minimum atomic E-state index is -0.844. The maximum atomic E-state index is 13.3. The molecule has 1 heterocycles. The van der Waals surface area contributed by atoms with Crippen LogP contribution in [0.3, 0.4) is 0 Å². The Labute approximate surface area is 303 Å². The number of nitrogens with one attached hydrogen (secondary N) is 3. The molecule has 0 bridgehead atoms. The van der Waals surface area contributed by atoms with Gasteiger partial charge in [0.15, 0.2) is 18.1 Å².